The van der Waals surface area contributed by atoms with Crippen molar-refractivity contribution in [2.75, 3.05) is 0 Å². The lowest BCUT2D eigenvalue weighted by Crippen LogP contribution is -1.99. The van der Waals surface area contributed by atoms with Crippen molar-refractivity contribution in [1.29, 1.82) is 0 Å². The zero-order chi connectivity index (χ0) is 10.7. The second kappa shape index (κ2) is 4.54. The van der Waals surface area contributed by atoms with Crippen LogP contribution in [-0.4, -0.2) is 8.76 Å². The van der Waals surface area contributed by atoms with Gasteiger partial charge in [0.05, 0.1) is 6.61 Å². The third-order valence-electron chi connectivity index (χ3n) is 1.37. The van der Waals surface area contributed by atoms with Gasteiger partial charge in [-0.25, -0.2) is 13.2 Å². The summed E-state index contributed by atoms with van der Waals surface area (Å²) in [6, 6.07) is 1.37. The van der Waals surface area contributed by atoms with E-state index in [0.717, 1.165) is 0 Å². The number of benzene rings is 1. The van der Waals surface area contributed by atoms with Crippen LogP contribution >= 0.6 is 0 Å². The minimum atomic E-state index is -2.52. The van der Waals surface area contributed by atoms with Gasteiger partial charge < -0.3 is 0 Å². The van der Waals surface area contributed by atoms with E-state index in [1.54, 1.807) is 0 Å². The summed E-state index contributed by atoms with van der Waals surface area (Å²) in [5.74, 6) is -4.32. The van der Waals surface area contributed by atoms with Crippen molar-refractivity contribution < 1.29 is 26.1 Å². The molecule has 1 rings (SSSR count). The van der Waals surface area contributed by atoms with Crippen molar-refractivity contribution in [3.8, 4) is 0 Å². The van der Waals surface area contributed by atoms with Gasteiger partial charge in [0.2, 0.25) is 0 Å². The lowest BCUT2D eigenvalue weighted by atomic mass is 10.2. The molecule has 14 heavy (non-hydrogen) atoms. The number of hydrogen-bond donors (Lipinski definition) is 1. The molecule has 0 heterocycles. The molecule has 0 aliphatic rings. The summed E-state index contributed by atoms with van der Waals surface area (Å²) in [6.07, 6.45) is 0. The summed E-state index contributed by atoms with van der Waals surface area (Å²) < 4.78 is 59.9. The minimum Gasteiger partial charge on any atom is -0.284 e. The van der Waals surface area contributed by atoms with Gasteiger partial charge in [0.25, 0.3) is 0 Å². The Morgan fingerprint density at radius 2 is 1.79 bits per heavy atom. The maximum atomic E-state index is 12.6. The summed E-state index contributed by atoms with van der Waals surface area (Å²) in [5, 5.41) is 0. The van der Waals surface area contributed by atoms with E-state index in [1.165, 1.54) is 0 Å². The van der Waals surface area contributed by atoms with Crippen LogP contribution in [0.5, 0.6) is 0 Å². The molecular formula is C7H5F3O3S. The number of halogens is 3. The minimum absolute atomic E-state index is 0.0659. The molecule has 3 nitrogen and oxygen atoms in total. The molecule has 0 bridgehead atoms. The van der Waals surface area contributed by atoms with Gasteiger partial charge in [0, 0.05) is 0 Å². The average molecular weight is 226 g/mol. The van der Waals surface area contributed by atoms with Gasteiger partial charge >= 0.3 is 11.4 Å². The van der Waals surface area contributed by atoms with E-state index in [2.05, 4.69) is 4.18 Å². The highest BCUT2D eigenvalue weighted by molar-refractivity contribution is 7.74. The lowest BCUT2D eigenvalue weighted by Gasteiger charge is -2.01. The highest BCUT2D eigenvalue weighted by Crippen LogP contribution is 2.14. The Kier molecular flexibility index (Phi) is 3.62. The molecule has 0 fully saturated rings. The molecule has 0 aliphatic carbocycles. The SMILES string of the molecule is O=S(O)OCc1cc(F)c(F)c(F)c1. The third-order valence-corrected chi connectivity index (χ3v) is 1.69. The quantitative estimate of drug-likeness (QED) is 0.631. The van der Waals surface area contributed by atoms with Crippen molar-refractivity contribution in [3.63, 3.8) is 0 Å². The molecule has 0 radical (unpaired) electrons. The second-order valence-corrected chi connectivity index (χ2v) is 3.02. The monoisotopic (exact) mass is 226 g/mol. The van der Waals surface area contributed by atoms with Crippen LogP contribution in [0.15, 0.2) is 12.1 Å². The molecule has 0 aliphatic heterocycles. The van der Waals surface area contributed by atoms with Crippen LogP contribution in [0.2, 0.25) is 0 Å². The second-order valence-electron chi connectivity index (χ2n) is 2.35. The maximum absolute atomic E-state index is 12.6. The van der Waals surface area contributed by atoms with Crippen LogP contribution in [0, 0.1) is 17.5 Å². The fourth-order valence-electron chi connectivity index (χ4n) is 0.810. The summed E-state index contributed by atoms with van der Waals surface area (Å²) >= 11 is -2.52. The topological polar surface area (TPSA) is 46.5 Å². The van der Waals surface area contributed by atoms with E-state index in [4.69, 9.17) is 4.55 Å². The van der Waals surface area contributed by atoms with E-state index in [0.29, 0.717) is 12.1 Å². The smallest absolute Gasteiger partial charge is 0.284 e. The van der Waals surface area contributed by atoms with E-state index >= 15 is 0 Å². The summed E-state index contributed by atoms with van der Waals surface area (Å²) in [7, 11) is 0. The van der Waals surface area contributed by atoms with Crippen LogP contribution in [0.25, 0.3) is 0 Å². The van der Waals surface area contributed by atoms with Crippen LogP contribution in [-0.2, 0) is 22.2 Å². The molecule has 1 aromatic rings. The van der Waals surface area contributed by atoms with E-state index in [1.807, 2.05) is 0 Å². The Hall–Kier alpha value is -0.920. The van der Waals surface area contributed by atoms with Crippen molar-refractivity contribution in [2.24, 2.45) is 0 Å². The zero-order valence-corrected chi connectivity index (χ0v) is 7.48. The van der Waals surface area contributed by atoms with Crippen molar-refractivity contribution in [3.05, 3.63) is 35.1 Å². The molecular weight excluding hydrogens is 221 g/mol. The first-order chi connectivity index (χ1) is 6.50. The van der Waals surface area contributed by atoms with Gasteiger partial charge in [-0.3, -0.25) is 8.74 Å². The first-order valence-electron chi connectivity index (χ1n) is 3.38. The lowest BCUT2D eigenvalue weighted by molar-refractivity contribution is 0.295. The normalized spacial score (nSPS) is 12.9. The van der Waals surface area contributed by atoms with Crippen LogP contribution < -0.4 is 0 Å². The van der Waals surface area contributed by atoms with E-state index < -0.39 is 35.4 Å². The molecule has 0 amide bonds. The standard InChI is InChI=1S/C7H5F3O3S/c8-5-1-4(3-13-14(11)12)2-6(9)7(5)10/h1-2H,3H2,(H,11,12). The molecule has 1 unspecified atom stereocenters. The Morgan fingerprint density at radius 1 is 1.29 bits per heavy atom. The van der Waals surface area contributed by atoms with Gasteiger partial charge in [-0.1, -0.05) is 0 Å². The molecule has 7 heteroatoms. The van der Waals surface area contributed by atoms with Crippen molar-refractivity contribution in [2.45, 2.75) is 6.61 Å². The van der Waals surface area contributed by atoms with Gasteiger partial charge in [-0.15, -0.1) is 0 Å². The molecule has 0 saturated carbocycles. The molecule has 0 spiro atoms. The Morgan fingerprint density at radius 3 is 2.21 bits per heavy atom. The Labute approximate surface area is 80.0 Å². The largest absolute Gasteiger partial charge is 0.302 e. The molecule has 1 aromatic carbocycles. The maximum Gasteiger partial charge on any atom is 0.302 e. The van der Waals surface area contributed by atoms with Crippen molar-refractivity contribution >= 4 is 11.4 Å². The first kappa shape index (κ1) is 11.2. The van der Waals surface area contributed by atoms with Gasteiger partial charge in [-0.05, 0) is 17.7 Å². The molecule has 0 saturated heterocycles. The Bertz CT molecular complexity index is 346. The van der Waals surface area contributed by atoms with Gasteiger partial charge in [0.15, 0.2) is 17.5 Å². The third kappa shape index (κ3) is 2.79. The van der Waals surface area contributed by atoms with Crippen LogP contribution in [0.1, 0.15) is 5.56 Å². The average Bonchev–Trinajstić information content (AvgIpc) is 2.10. The highest BCUT2D eigenvalue weighted by atomic mass is 32.2. The molecule has 1 atom stereocenters. The molecule has 0 aromatic heterocycles. The fraction of sp³-hybridized carbons (Fsp3) is 0.143. The number of rotatable bonds is 3. The van der Waals surface area contributed by atoms with Crippen LogP contribution in [0.4, 0.5) is 13.2 Å². The molecule has 78 valence electrons. The van der Waals surface area contributed by atoms with E-state index in [9.17, 15) is 17.4 Å². The summed E-state index contributed by atoms with van der Waals surface area (Å²) in [5.41, 5.74) is -0.0659. The Balaban J connectivity index is 2.84. The fourth-order valence-corrected chi connectivity index (χ4v) is 1.05. The van der Waals surface area contributed by atoms with E-state index in [-0.39, 0.29) is 5.56 Å². The van der Waals surface area contributed by atoms with Crippen LogP contribution in [0.3, 0.4) is 0 Å². The highest BCUT2D eigenvalue weighted by Gasteiger charge is 2.10. The number of hydrogen-bond acceptors (Lipinski definition) is 2. The van der Waals surface area contributed by atoms with Crippen molar-refractivity contribution in [1.82, 2.24) is 0 Å². The molecule has 1 N–H and O–H groups in total. The van der Waals surface area contributed by atoms with Gasteiger partial charge in [0.1, 0.15) is 0 Å². The predicted octanol–water partition coefficient (Wildman–Crippen LogP) is 1.76. The first-order valence-corrected chi connectivity index (χ1v) is 4.41. The summed E-state index contributed by atoms with van der Waals surface area (Å²) in [6.45, 7) is -0.475. The zero-order valence-electron chi connectivity index (χ0n) is 6.67. The summed E-state index contributed by atoms with van der Waals surface area (Å²) in [4.78, 5) is 0. The predicted molar refractivity (Wildman–Crippen MR) is 41.9 cm³/mol. The van der Waals surface area contributed by atoms with Gasteiger partial charge in [-0.2, -0.15) is 4.21 Å².